The van der Waals surface area contributed by atoms with Crippen LogP contribution in [-0.4, -0.2) is 11.0 Å². The predicted molar refractivity (Wildman–Crippen MR) is 58.8 cm³/mol. The molecule has 0 radical (unpaired) electrons. The number of oxazole rings is 1. The van der Waals surface area contributed by atoms with Crippen molar-refractivity contribution in [1.29, 1.82) is 0 Å². The summed E-state index contributed by atoms with van der Waals surface area (Å²) in [5, 5.41) is 4.93. The summed E-state index contributed by atoms with van der Waals surface area (Å²) in [5.41, 5.74) is 0.674. The Balaban J connectivity index is 1.84. The Labute approximate surface area is 96.7 Å². The van der Waals surface area contributed by atoms with Crippen LogP contribution in [-0.2, 0) is 6.54 Å². The third-order valence-electron chi connectivity index (χ3n) is 1.99. The largest absolute Gasteiger partial charge is 0.432 e. The van der Waals surface area contributed by atoms with Gasteiger partial charge >= 0.3 is 12.0 Å². The number of nitrogens with one attached hydrogen (secondary N) is 2. The van der Waals surface area contributed by atoms with E-state index in [1.54, 1.807) is 12.1 Å². The predicted octanol–water partition coefficient (Wildman–Crippen LogP) is 2.14. The van der Waals surface area contributed by atoms with Gasteiger partial charge in [-0.2, -0.15) is 0 Å². The van der Waals surface area contributed by atoms with Crippen molar-refractivity contribution in [2.24, 2.45) is 0 Å². The Morgan fingerprint density at radius 1 is 1.47 bits per heavy atom. The van der Waals surface area contributed by atoms with Crippen molar-refractivity contribution in [1.82, 2.24) is 10.3 Å². The molecule has 0 fully saturated rings. The molecule has 2 amide bonds. The molecule has 0 aliphatic rings. The Hall–Kier alpha value is -2.37. The fourth-order valence-electron chi connectivity index (χ4n) is 1.26. The lowest BCUT2D eigenvalue weighted by Gasteiger charge is -2.04. The molecule has 2 rings (SSSR count). The Morgan fingerprint density at radius 3 is 3.06 bits per heavy atom. The molecule has 1 aromatic carbocycles. The number of carbonyl (C=O) groups is 1. The summed E-state index contributed by atoms with van der Waals surface area (Å²) >= 11 is 0. The van der Waals surface area contributed by atoms with E-state index >= 15 is 0 Å². The Bertz CT molecular complexity index is 499. The van der Waals surface area contributed by atoms with Crippen LogP contribution in [0.2, 0.25) is 0 Å². The molecule has 5 nitrogen and oxygen atoms in total. The molecule has 0 aliphatic carbocycles. The average molecular weight is 235 g/mol. The maximum Gasteiger partial charge on any atom is 0.323 e. The second kappa shape index (κ2) is 5.11. The number of amides is 2. The molecular formula is C11H10FN3O2. The second-order valence-electron chi connectivity index (χ2n) is 3.27. The van der Waals surface area contributed by atoms with E-state index in [-0.39, 0.29) is 18.4 Å². The molecule has 88 valence electrons. The van der Waals surface area contributed by atoms with Crippen molar-refractivity contribution >= 4 is 12.0 Å². The molecule has 2 aromatic rings. The van der Waals surface area contributed by atoms with Gasteiger partial charge in [0.15, 0.2) is 0 Å². The summed E-state index contributed by atoms with van der Waals surface area (Å²) in [6.07, 6.45) is 2.77. The average Bonchev–Trinajstić information content (AvgIpc) is 2.79. The topological polar surface area (TPSA) is 67.2 Å². The van der Waals surface area contributed by atoms with Crippen molar-refractivity contribution in [3.63, 3.8) is 0 Å². The van der Waals surface area contributed by atoms with Gasteiger partial charge in [0, 0.05) is 6.54 Å². The molecule has 1 aromatic heterocycles. The van der Waals surface area contributed by atoms with Gasteiger partial charge in [-0.1, -0.05) is 12.1 Å². The van der Waals surface area contributed by atoms with E-state index in [0.717, 1.165) is 0 Å². The number of benzene rings is 1. The molecule has 2 N–H and O–H groups in total. The highest BCUT2D eigenvalue weighted by Crippen LogP contribution is 2.03. The zero-order valence-electron chi connectivity index (χ0n) is 8.81. The molecule has 6 heteroatoms. The number of hydrogen-bond donors (Lipinski definition) is 2. The summed E-state index contributed by atoms with van der Waals surface area (Å²) in [6, 6.07) is 5.65. The van der Waals surface area contributed by atoms with E-state index in [1.165, 1.54) is 24.6 Å². The molecule has 17 heavy (non-hydrogen) atoms. The van der Waals surface area contributed by atoms with E-state index < -0.39 is 6.03 Å². The van der Waals surface area contributed by atoms with Crippen molar-refractivity contribution < 1.29 is 13.6 Å². The highest BCUT2D eigenvalue weighted by Gasteiger charge is 2.04. The van der Waals surface area contributed by atoms with Crippen LogP contribution >= 0.6 is 0 Å². The number of carbonyl (C=O) groups excluding carboxylic acids is 1. The van der Waals surface area contributed by atoms with Crippen LogP contribution < -0.4 is 10.6 Å². The third-order valence-corrected chi connectivity index (χ3v) is 1.99. The molecule has 0 bridgehead atoms. The van der Waals surface area contributed by atoms with Gasteiger partial charge in [0.05, 0.1) is 6.20 Å². The second-order valence-corrected chi connectivity index (χ2v) is 3.27. The molecule has 1 heterocycles. The van der Waals surface area contributed by atoms with Crippen LogP contribution in [0.4, 0.5) is 15.2 Å². The molecular weight excluding hydrogens is 225 g/mol. The van der Waals surface area contributed by atoms with Gasteiger partial charge in [-0.25, -0.2) is 14.2 Å². The first-order valence-electron chi connectivity index (χ1n) is 4.93. The summed E-state index contributed by atoms with van der Waals surface area (Å²) in [5.74, 6) is -0.336. The number of aromatic nitrogens is 1. The number of rotatable bonds is 3. The van der Waals surface area contributed by atoms with E-state index in [2.05, 4.69) is 15.6 Å². The number of hydrogen-bond acceptors (Lipinski definition) is 3. The van der Waals surface area contributed by atoms with Crippen molar-refractivity contribution in [3.05, 3.63) is 48.1 Å². The van der Waals surface area contributed by atoms with Gasteiger partial charge in [0.25, 0.3) is 0 Å². The number of anilines is 1. The van der Waals surface area contributed by atoms with E-state index in [1.807, 2.05) is 0 Å². The van der Waals surface area contributed by atoms with E-state index in [9.17, 15) is 9.18 Å². The first-order chi connectivity index (χ1) is 8.24. The van der Waals surface area contributed by atoms with Gasteiger partial charge in [0.2, 0.25) is 0 Å². The van der Waals surface area contributed by atoms with Gasteiger partial charge in [-0.15, -0.1) is 0 Å². The standard InChI is InChI=1S/C11H10FN3O2/c12-9-3-1-2-8(6-9)7-14-10(16)15-11-13-4-5-17-11/h1-6H,7H2,(H2,13,14,15,16). The maximum atomic E-state index is 12.8. The monoisotopic (exact) mass is 235 g/mol. The minimum absolute atomic E-state index is 0.113. The summed E-state index contributed by atoms with van der Waals surface area (Å²) in [6.45, 7) is 0.226. The van der Waals surface area contributed by atoms with Gasteiger partial charge in [-0.3, -0.25) is 5.32 Å². The molecule has 0 spiro atoms. The van der Waals surface area contributed by atoms with Crippen LogP contribution in [0.25, 0.3) is 0 Å². The molecule has 0 aliphatic heterocycles. The summed E-state index contributed by atoms with van der Waals surface area (Å²) < 4.78 is 17.7. The van der Waals surface area contributed by atoms with Crippen LogP contribution in [0.3, 0.4) is 0 Å². The quantitative estimate of drug-likeness (QED) is 0.856. The van der Waals surface area contributed by atoms with Crippen LogP contribution in [0.15, 0.2) is 41.1 Å². The fraction of sp³-hybridized carbons (Fsp3) is 0.0909. The maximum absolute atomic E-state index is 12.8. The van der Waals surface area contributed by atoms with Crippen molar-refractivity contribution in [3.8, 4) is 0 Å². The molecule has 0 saturated heterocycles. The Morgan fingerprint density at radius 2 is 2.35 bits per heavy atom. The van der Waals surface area contributed by atoms with Gasteiger partial charge in [0.1, 0.15) is 12.1 Å². The normalized spacial score (nSPS) is 9.94. The lowest BCUT2D eigenvalue weighted by atomic mass is 10.2. The molecule has 0 atom stereocenters. The van der Waals surface area contributed by atoms with Crippen molar-refractivity contribution in [2.45, 2.75) is 6.54 Å². The van der Waals surface area contributed by atoms with E-state index in [4.69, 9.17) is 4.42 Å². The zero-order valence-corrected chi connectivity index (χ0v) is 8.81. The lowest BCUT2D eigenvalue weighted by Crippen LogP contribution is -2.28. The zero-order chi connectivity index (χ0) is 12.1. The highest BCUT2D eigenvalue weighted by atomic mass is 19.1. The number of halogens is 1. The summed E-state index contributed by atoms with van der Waals surface area (Å²) in [4.78, 5) is 15.1. The first kappa shape index (κ1) is 11.1. The minimum Gasteiger partial charge on any atom is -0.432 e. The smallest absolute Gasteiger partial charge is 0.323 e. The molecule has 0 saturated carbocycles. The molecule has 0 unspecified atom stereocenters. The summed E-state index contributed by atoms with van der Waals surface area (Å²) in [7, 11) is 0. The number of nitrogens with zero attached hydrogens (tertiary/aromatic N) is 1. The first-order valence-corrected chi connectivity index (χ1v) is 4.93. The van der Waals surface area contributed by atoms with Crippen molar-refractivity contribution in [2.75, 3.05) is 5.32 Å². The lowest BCUT2D eigenvalue weighted by molar-refractivity contribution is 0.251. The van der Waals surface area contributed by atoms with Crippen LogP contribution in [0.5, 0.6) is 0 Å². The SMILES string of the molecule is O=C(NCc1cccc(F)c1)Nc1ncco1. The van der Waals surface area contributed by atoms with Gasteiger partial charge in [-0.05, 0) is 17.7 Å². The highest BCUT2D eigenvalue weighted by molar-refractivity contribution is 5.86. The Kier molecular flexibility index (Phi) is 3.34. The third kappa shape index (κ3) is 3.30. The minimum atomic E-state index is -0.461. The van der Waals surface area contributed by atoms with Crippen LogP contribution in [0, 0.1) is 5.82 Å². The number of urea groups is 1. The fourth-order valence-corrected chi connectivity index (χ4v) is 1.26. The van der Waals surface area contributed by atoms with Crippen LogP contribution in [0.1, 0.15) is 5.56 Å². The van der Waals surface area contributed by atoms with E-state index in [0.29, 0.717) is 5.56 Å². The van der Waals surface area contributed by atoms with Gasteiger partial charge < -0.3 is 9.73 Å².